The highest BCUT2D eigenvalue weighted by Gasteiger charge is 2.37. The normalized spacial score (nSPS) is 16.5. The summed E-state index contributed by atoms with van der Waals surface area (Å²) in [4.78, 5) is 10.8. The van der Waals surface area contributed by atoms with Gasteiger partial charge in [-0.2, -0.15) is 13.2 Å². The third-order valence-electron chi connectivity index (χ3n) is 1.87. The first kappa shape index (κ1) is 12.3. The van der Waals surface area contributed by atoms with Crippen LogP contribution < -0.4 is 0 Å². The van der Waals surface area contributed by atoms with E-state index in [2.05, 4.69) is 4.74 Å². The van der Waals surface area contributed by atoms with Crippen molar-refractivity contribution in [2.45, 2.75) is 26.4 Å². The van der Waals surface area contributed by atoms with Crippen molar-refractivity contribution in [3.05, 3.63) is 0 Å². The van der Waals surface area contributed by atoms with E-state index < -0.39 is 24.0 Å². The van der Waals surface area contributed by atoms with E-state index in [0.717, 1.165) is 14.0 Å². The van der Waals surface area contributed by atoms with Crippen LogP contribution >= 0.6 is 0 Å². The van der Waals surface area contributed by atoms with Gasteiger partial charge in [0.25, 0.3) is 0 Å². The number of hydrogen-bond acceptors (Lipinski definition) is 2. The molecule has 0 heterocycles. The molecule has 0 saturated heterocycles. The molecule has 2 unspecified atom stereocenters. The van der Waals surface area contributed by atoms with E-state index in [9.17, 15) is 18.0 Å². The van der Waals surface area contributed by atoms with Crippen LogP contribution in [0.2, 0.25) is 0 Å². The lowest BCUT2D eigenvalue weighted by Crippen LogP contribution is -2.25. The van der Waals surface area contributed by atoms with E-state index >= 15 is 0 Å². The van der Waals surface area contributed by atoms with Gasteiger partial charge >= 0.3 is 12.1 Å². The Morgan fingerprint density at radius 1 is 1.38 bits per heavy atom. The summed E-state index contributed by atoms with van der Waals surface area (Å²) in [6.45, 7) is 2.48. The molecular formula is C8H13F3O2. The number of esters is 1. The number of hydrogen-bond donors (Lipinski definition) is 0. The molecule has 0 aliphatic rings. The molecule has 0 aromatic carbocycles. The van der Waals surface area contributed by atoms with E-state index in [4.69, 9.17) is 0 Å². The highest BCUT2D eigenvalue weighted by Crippen LogP contribution is 2.30. The summed E-state index contributed by atoms with van der Waals surface area (Å²) in [5.74, 6) is -2.78. The SMILES string of the molecule is COC(=O)C(C)CC(C)C(F)(F)F. The molecule has 0 radical (unpaired) electrons. The molecule has 0 amide bonds. The van der Waals surface area contributed by atoms with Crippen LogP contribution in [0.25, 0.3) is 0 Å². The van der Waals surface area contributed by atoms with E-state index in [-0.39, 0.29) is 6.42 Å². The van der Waals surface area contributed by atoms with Gasteiger partial charge in [-0.3, -0.25) is 4.79 Å². The van der Waals surface area contributed by atoms with E-state index in [1.165, 1.54) is 6.92 Å². The summed E-state index contributed by atoms with van der Waals surface area (Å²) in [6, 6.07) is 0. The molecule has 0 spiro atoms. The van der Waals surface area contributed by atoms with Crippen LogP contribution in [0.4, 0.5) is 13.2 Å². The van der Waals surface area contributed by atoms with Crippen molar-refractivity contribution in [2.75, 3.05) is 7.11 Å². The molecule has 2 atom stereocenters. The van der Waals surface area contributed by atoms with E-state index in [1.807, 2.05) is 0 Å². The minimum atomic E-state index is -4.23. The van der Waals surface area contributed by atoms with Gasteiger partial charge in [0.1, 0.15) is 0 Å². The largest absolute Gasteiger partial charge is 0.469 e. The van der Waals surface area contributed by atoms with Crippen LogP contribution in [0.15, 0.2) is 0 Å². The average Bonchev–Trinajstić information content (AvgIpc) is 2.01. The van der Waals surface area contributed by atoms with Crippen LogP contribution in [-0.2, 0) is 9.53 Å². The van der Waals surface area contributed by atoms with Gasteiger partial charge in [-0.05, 0) is 6.42 Å². The molecule has 5 heteroatoms. The Labute approximate surface area is 75.1 Å². The molecule has 2 nitrogen and oxygen atoms in total. The third-order valence-corrected chi connectivity index (χ3v) is 1.87. The Bertz CT molecular complexity index is 177. The molecule has 78 valence electrons. The maximum atomic E-state index is 12.0. The standard InChI is InChI=1S/C8H13F3O2/c1-5(7(12)13-3)4-6(2)8(9,10)11/h5-6H,4H2,1-3H3. The van der Waals surface area contributed by atoms with Crippen molar-refractivity contribution in [1.82, 2.24) is 0 Å². The molecule has 0 N–H and O–H groups in total. The van der Waals surface area contributed by atoms with E-state index in [0.29, 0.717) is 0 Å². The molecule has 0 fully saturated rings. The predicted octanol–water partition coefficient (Wildman–Crippen LogP) is 2.38. The summed E-state index contributed by atoms with van der Waals surface area (Å²) in [7, 11) is 1.16. The molecule has 0 saturated carbocycles. The number of rotatable bonds is 3. The van der Waals surface area contributed by atoms with E-state index in [1.54, 1.807) is 0 Å². The van der Waals surface area contributed by atoms with Gasteiger partial charge in [0, 0.05) is 0 Å². The summed E-state index contributed by atoms with van der Waals surface area (Å²) < 4.78 is 40.4. The number of alkyl halides is 3. The zero-order valence-corrected chi connectivity index (χ0v) is 7.81. The lowest BCUT2D eigenvalue weighted by Gasteiger charge is -2.18. The highest BCUT2D eigenvalue weighted by molar-refractivity contribution is 5.71. The maximum Gasteiger partial charge on any atom is 0.391 e. The number of carbonyl (C=O) groups excluding carboxylic acids is 1. The van der Waals surface area contributed by atoms with Crippen LogP contribution in [0, 0.1) is 11.8 Å². The molecule has 0 bridgehead atoms. The van der Waals surface area contributed by atoms with Gasteiger partial charge in [-0.15, -0.1) is 0 Å². The smallest absolute Gasteiger partial charge is 0.391 e. The van der Waals surface area contributed by atoms with Crippen molar-refractivity contribution < 1.29 is 22.7 Å². The van der Waals surface area contributed by atoms with Crippen molar-refractivity contribution in [3.8, 4) is 0 Å². The van der Waals surface area contributed by atoms with Crippen molar-refractivity contribution in [2.24, 2.45) is 11.8 Å². The maximum absolute atomic E-state index is 12.0. The third kappa shape index (κ3) is 4.15. The molecule has 0 aromatic heterocycles. The average molecular weight is 198 g/mol. The second-order valence-corrected chi connectivity index (χ2v) is 3.10. The molecule has 0 aliphatic heterocycles. The number of ether oxygens (including phenoxy) is 1. The zero-order valence-electron chi connectivity index (χ0n) is 7.81. The lowest BCUT2D eigenvalue weighted by atomic mass is 9.97. The number of carbonyl (C=O) groups is 1. The Balaban J connectivity index is 4.06. The molecule has 0 aliphatic carbocycles. The first-order valence-corrected chi connectivity index (χ1v) is 3.93. The topological polar surface area (TPSA) is 26.3 Å². The van der Waals surface area contributed by atoms with Gasteiger partial charge in [-0.1, -0.05) is 13.8 Å². The highest BCUT2D eigenvalue weighted by atomic mass is 19.4. The predicted molar refractivity (Wildman–Crippen MR) is 41.0 cm³/mol. The molecule has 0 rings (SSSR count). The van der Waals surface area contributed by atoms with Gasteiger partial charge in [0.05, 0.1) is 18.9 Å². The van der Waals surface area contributed by atoms with Crippen LogP contribution in [0.1, 0.15) is 20.3 Å². The second kappa shape index (κ2) is 4.48. The van der Waals surface area contributed by atoms with Crippen LogP contribution in [0.5, 0.6) is 0 Å². The minimum absolute atomic E-state index is 0.226. The van der Waals surface area contributed by atoms with Crippen molar-refractivity contribution in [3.63, 3.8) is 0 Å². The van der Waals surface area contributed by atoms with Crippen molar-refractivity contribution in [1.29, 1.82) is 0 Å². The first-order valence-electron chi connectivity index (χ1n) is 3.93. The minimum Gasteiger partial charge on any atom is -0.469 e. The summed E-state index contributed by atoms with van der Waals surface area (Å²) >= 11 is 0. The number of methoxy groups -OCH3 is 1. The fraction of sp³-hybridized carbons (Fsp3) is 0.875. The monoisotopic (exact) mass is 198 g/mol. The van der Waals surface area contributed by atoms with Gasteiger partial charge in [0.2, 0.25) is 0 Å². The Kier molecular flexibility index (Phi) is 4.23. The second-order valence-electron chi connectivity index (χ2n) is 3.10. The summed E-state index contributed by atoms with van der Waals surface area (Å²) in [5, 5.41) is 0. The first-order chi connectivity index (χ1) is 5.79. The van der Waals surface area contributed by atoms with Crippen molar-refractivity contribution >= 4 is 5.97 Å². The molecular weight excluding hydrogens is 185 g/mol. The van der Waals surface area contributed by atoms with Gasteiger partial charge < -0.3 is 4.74 Å². The van der Waals surface area contributed by atoms with Gasteiger partial charge in [0.15, 0.2) is 0 Å². The summed E-state index contributed by atoms with van der Waals surface area (Å²) in [5.41, 5.74) is 0. The fourth-order valence-corrected chi connectivity index (χ4v) is 0.961. The zero-order chi connectivity index (χ0) is 10.6. The Hall–Kier alpha value is -0.740. The Morgan fingerprint density at radius 2 is 1.85 bits per heavy atom. The Morgan fingerprint density at radius 3 is 2.15 bits per heavy atom. The molecule has 13 heavy (non-hydrogen) atoms. The van der Waals surface area contributed by atoms with Crippen LogP contribution in [-0.4, -0.2) is 19.3 Å². The molecule has 0 aromatic rings. The lowest BCUT2D eigenvalue weighted by molar-refractivity contribution is -0.176. The summed E-state index contributed by atoms with van der Waals surface area (Å²) in [6.07, 6.45) is -4.46. The van der Waals surface area contributed by atoms with Crippen LogP contribution in [0.3, 0.4) is 0 Å². The van der Waals surface area contributed by atoms with Gasteiger partial charge in [-0.25, -0.2) is 0 Å². The number of halogens is 3. The fourth-order valence-electron chi connectivity index (χ4n) is 0.961. The quantitative estimate of drug-likeness (QED) is 0.651.